The number of para-hydroxylation sites is 2. The molecule has 3 aromatic rings. The maximum atomic E-state index is 11.1. The van der Waals surface area contributed by atoms with Gasteiger partial charge >= 0.3 is 0 Å². The van der Waals surface area contributed by atoms with Crippen LogP contribution >= 0.6 is 12.4 Å². The number of aliphatic hydroxyl groups is 1. The van der Waals surface area contributed by atoms with E-state index in [1.165, 1.54) is 42.8 Å². The summed E-state index contributed by atoms with van der Waals surface area (Å²) in [6.07, 6.45) is 2.88. The van der Waals surface area contributed by atoms with Crippen molar-refractivity contribution in [2.24, 2.45) is 9.98 Å². The van der Waals surface area contributed by atoms with Gasteiger partial charge in [-0.3, -0.25) is 9.98 Å². The normalized spacial score (nSPS) is 9.76. The fraction of sp³-hybridized carbons (Fsp3) is 0.0870. The van der Waals surface area contributed by atoms with E-state index < -0.39 is 5.97 Å². The molecular weight excluding hydrogens is 495 g/mol. The molecule has 0 spiro atoms. The summed E-state index contributed by atoms with van der Waals surface area (Å²) >= 11 is 0. The van der Waals surface area contributed by atoms with Crippen LogP contribution in [0.4, 0.5) is 11.4 Å². The number of phenolic OH excluding ortho intramolecular Hbond substituents is 2. The maximum Gasteiger partial charge on any atom is 0.124 e. The second kappa shape index (κ2) is 16.4. The molecule has 0 heterocycles. The van der Waals surface area contributed by atoms with Gasteiger partial charge in [-0.05, 0) is 48.9 Å². The second-order valence-electron chi connectivity index (χ2n) is 5.94. The van der Waals surface area contributed by atoms with E-state index in [2.05, 4.69) is 9.98 Å². The first kappa shape index (κ1) is 32.0. The number of aliphatic imine (C=N–C) groups is 2. The number of rotatable bonds is 5. The van der Waals surface area contributed by atoms with E-state index >= 15 is 0 Å². The average molecular weight is 519 g/mol. The molecule has 0 aliphatic heterocycles. The molecule has 0 amide bonds. The van der Waals surface area contributed by atoms with Crippen molar-refractivity contribution in [3.63, 3.8) is 0 Å². The van der Waals surface area contributed by atoms with Crippen molar-refractivity contribution >= 4 is 42.2 Å². The van der Waals surface area contributed by atoms with Crippen LogP contribution in [-0.4, -0.2) is 45.8 Å². The third-order valence-corrected chi connectivity index (χ3v) is 3.77. The van der Waals surface area contributed by atoms with Crippen LogP contribution in [0.5, 0.6) is 11.5 Å². The van der Waals surface area contributed by atoms with E-state index in [9.17, 15) is 20.1 Å². The number of halogens is 1. The van der Waals surface area contributed by atoms with Gasteiger partial charge in [0.1, 0.15) is 11.5 Å². The van der Waals surface area contributed by atoms with Crippen molar-refractivity contribution in [2.75, 3.05) is 6.61 Å². The molecule has 0 aromatic heterocycles. The van der Waals surface area contributed by atoms with E-state index in [1.54, 1.807) is 43.3 Å². The van der Waals surface area contributed by atoms with E-state index in [-0.39, 0.29) is 64.0 Å². The predicted molar refractivity (Wildman–Crippen MR) is 125 cm³/mol. The standard InChI is InChI=1S/C21H16N2O4.C2H6O.ClH.Co.H2O/c24-19-7-3-1-5-15(19)12-22-17-10-9-14(21(26)27)11-18(17)23-13-16-6-2-4-8-20(16)25;1-2-3;;;/h1-13,24-25H,(H,26,27);3H,2H2,1H3;1H;;1H2/p-1. The van der Waals surface area contributed by atoms with Crippen LogP contribution in [0, 0.1) is 0 Å². The van der Waals surface area contributed by atoms with E-state index in [4.69, 9.17) is 5.11 Å². The number of aliphatic hydroxyl groups excluding tert-OH is 1. The number of phenols is 2. The molecule has 0 unspecified atom stereocenters. The molecule has 0 aliphatic rings. The average Bonchev–Trinajstić information content (AvgIpc) is 2.73. The van der Waals surface area contributed by atoms with Crippen LogP contribution in [0.25, 0.3) is 0 Å². The molecule has 0 saturated heterocycles. The zero-order valence-corrected chi connectivity index (χ0v) is 19.4. The fourth-order valence-corrected chi connectivity index (χ4v) is 2.33. The van der Waals surface area contributed by atoms with Gasteiger partial charge in [-0.25, -0.2) is 0 Å². The zero-order valence-electron chi connectivity index (χ0n) is 17.5. The smallest absolute Gasteiger partial charge is 0.124 e. The van der Waals surface area contributed by atoms with Gasteiger partial charge in [0, 0.05) is 46.9 Å². The van der Waals surface area contributed by atoms with Gasteiger partial charge in [0.25, 0.3) is 0 Å². The summed E-state index contributed by atoms with van der Waals surface area (Å²) in [4.78, 5) is 19.7. The molecule has 10 heteroatoms. The Hall–Kier alpha value is -3.21. The molecule has 179 valence electrons. The quantitative estimate of drug-likeness (QED) is 0.442. The van der Waals surface area contributed by atoms with Crippen LogP contribution in [0.3, 0.4) is 0 Å². The largest absolute Gasteiger partial charge is 0.545 e. The summed E-state index contributed by atoms with van der Waals surface area (Å²) < 4.78 is 0. The minimum absolute atomic E-state index is 0. The van der Waals surface area contributed by atoms with Gasteiger partial charge in [0.2, 0.25) is 0 Å². The summed E-state index contributed by atoms with van der Waals surface area (Å²) in [5.41, 5.74) is 1.63. The third kappa shape index (κ3) is 9.85. The van der Waals surface area contributed by atoms with Crippen LogP contribution in [0.2, 0.25) is 0 Å². The number of aromatic carboxylic acids is 1. The monoisotopic (exact) mass is 518 g/mol. The van der Waals surface area contributed by atoms with Gasteiger partial charge in [-0.15, -0.1) is 12.4 Å². The first-order valence-corrected chi connectivity index (χ1v) is 9.06. The maximum absolute atomic E-state index is 11.1. The molecule has 5 N–H and O–H groups in total. The summed E-state index contributed by atoms with van der Waals surface area (Å²) in [7, 11) is 0. The van der Waals surface area contributed by atoms with Crippen molar-refractivity contribution in [3.05, 3.63) is 83.4 Å². The Morgan fingerprint density at radius 3 is 1.73 bits per heavy atom. The zero-order chi connectivity index (χ0) is 21.9. The molecule has 0 saturated carbocycles. The van der Waals surface area contributed by atoms with E-state index in [0.717, 1.165) is 0 Å². The van der Waals surface area contributed by atoms with Crippen LogP contribution in [-0.2, 0) is 16.8 Å². The number of benzene rings is 3. The third-order valence-electron chi connectivity index (χ3n) is 3.77. The Kier molecular flexibility index (Phi) is 15.9. The molecular formula is C23H24ClCoN2O6-. The Morgan fingerprint density at radius 1 is 0.879 bits per heavy atom. The summed E-state index contributed by atoms with van der Waals surface area (Å²) in [5.74, 6) is -1.20. The fourth-order valence-electron chi connectivity index (χ4n) is 2.33. The molecule has 0 fully saturated rings. The second-order valence-corrected chi connectivity index (χ2v) is 5.94. The van der Waals surface area contributed by atoms with Crippen molar-refractivity contribution in [1.29, 1.82) is 0 Å². The van der Waals surface area contributed by atoms with E-state index in [1.807, 2.05) is 0 Å². The van der Waals surface area contributed by atoms with E-state index in [0.29, 0.717) is 16.8 Å². The number of hydrogen-bond donors (Lipinski definition) is 3. The Bertz CT molecular complexity index is 1080. The van der Waals surface area contributed by atoms with Crippen LogP contribution < -0.4 is 5.11 Å². The van der Waals surface area contributed by atoms with Crippen molar-refractivity contribution < 1.29 is 47.5 Å². The van der Waals surface area contributed by atoms with Gasteiger partial charge < -0.3 is 30.7 Å². The number of aromatic hydroxyl groups is 2. The Morgan fingerprint density at radius 2 is 1.30 bits per heavy atom. The van der Waals surface area contributed by atoms with Gasteiger partial charge in [-0.1, -0.05) is 30.3 Å². The minimum Gasteiger partial charge on any atom is -0.545 e. The first-order chi connectivity index (χ1) is 14.5. The van der Waals surface area contributed by atoms with Crippen LogP contribution in [0.1, 0.15) is 28.4 Å². The van der Waals surface area contributed by atoms with Gasteiger partial charge in [-0.2, -0.15) is 0 Å². The molecule has 0 aliphatic carbocycles. The number of carboxylic acid groups (broad SMARTS) is 1. The van der Waals surface area contributed by atoms with Gasteiger partial charge in [0.15, 0.2) is 0 Å². The molecule has 0 atom stereocenters. The number of carbonyl (C=O) groups is 1. The predicted octanol–water partition coefficient (Wildman–Crippen LogP) is 2.56. The molecule has 1 radical (unpaired) electrons. The SMILES string of the molecule is CCO.Cl.O.O=C([O-])c1ccc(N=Cc2ccccc2O)c(N=Cc2ccccc2O)c1.[Co]. The summed E-state index contributed by atoms with van der Waals surface area (Å²) in [6.45, 7) is 1.93. The topological polar surface area (TPSA) is 157 Å². The van der Waals surface area contributed by atoms with Crippen molar-refractivity contribution in [1.82, 2.24) is 0 Å². The first-order valence-electron chi connectivity index (χ1n) is 9.06. The molecule has 8 nitrogen and oxygen atoms in total. The molecule has 33 heavy (non-hydrogen) atoms. The number of carbonyl (C=O) groups excluding carboxylic acids is 1. The molecule has 0 bridgehead atoms. The Balaban J connectivity index is 0. The van der Waals surface area contributed by atoms with Crippen molar-refractivity contribution in [3.8, 4) is 11.5 Å². The summed E-state index contributed by atoms with van der Waals surface area (Å²) in [6, 6.07) is 17.5. The minimum atomic E-state index is -1.33. The summed E-state index contributed by atoms with van der Waals surface area (Å²) in [5, 5.41) is 38.4. The number of hydrogen-bond acceptors (Lipinski definition) is 7. The number of nitrogens with zero attached hydrogens (tertiary/aromatic N) is 2. The van der Waals surface area contributed by atoms with Crippen molar-refractivity contribution in [2.45, 2.75) is 6.92 Å². The van der Waals surface area contributed by atoms with Gasteiger partial charge in [0.05, 0.1) is 17.3 Å². The van der Waals surface area contributed by atoms with Crippen LogP contribution in [0.15, 0.2) is 76.7 Å². The Labute approximate surface area is 207 Å². The number of carboxylic acids is 1. The molecule has 3 aromatic carbocycles. The molecule has 3 rings (SSSR count).